The maximum atomic E-state index is 11.2. The molecule has 0 aliphatic heterocycles. The maximum absolute atomic E-state index is 11.2. The van der Waals surface area contributed by atoms with Gasteiger partial charge in [-0.05, 0) is 28.1 Å². The minimum Gasteiger partial charge on any atom is -0.407 e. The maximum Gasteiger partial charge on any atom is 0.240 e. The molecule has 3 heteroatoms. The first-order chi connectivity index (χ1) is 11.5. The van der Waals surface area contributed by atoms with Crippen molar-refractivity contribution >= 4 is 25.7 Å². The highest BCUT2D eigenvalue weighted by molar-refractivity contribution is 6.80. The smallest absolute Gasteiger partial charge is 0.240 e. The zero-order valence-electron chi connectivity index (χ0n) is 14.7. The summed E-state index contributed by atoms with van der Waals surface area (Å²) in [5.41, 5.74) is 0.0250. The van der Waals surface area contributed by atoms with E-state index in [0.717, 1.165) is 12.7 Å². The number of carbonyl (C=O) groups is 1. The number of hydrogen-bond acceptors (Lipinski definition) is 2. The molecule has 0 N–H and O–H groups in total. The minimum absolute atomic E-state index is 0.0250. The van der Waals surface area contributed by atoms with Gasteiger partial charge in [-0.1, -0.05) is 81.4 Å². The van der Waals surface area contributed by atoms with Gasteiger partial charge >= 0.3 is 0 Å². The molecule has 1 aliphatic carbocycles. The Morgan fingerprint density at radius 2 is 1.50 bits per heavy atom. The Hall–Kier alpha value is -1.71. The fourth-order valence-electron chi connectivity index (χ4n) is 3.44. The standard InChI is InChI=1S/C21H26O2Si/c1-21(2,3)20(19-14-16(19)15-22)23-24(17-10-6-4-7-11-17)18-12-8-5-9-13-18/h4-13,15-16,19-20,24H,14H2,1-3H3/t16-,19-,20?/m0/s1. The van der Waals surface area contributed by atoms with Crippen LogP contribution in [-0.4, -0.2) is 21.4 Å². The van der Waals surface area contributed by atoms with Crippen molar-refractivity contribution in [3.63, 3.8) is 0 Å². The molecule has 1 saturated carbocycles. The van der Waals surface area contributed by atoms with E-state index in [1.165, 1.54) is 10.4 Å². The summed E-state index contributed by atoms with van der Waals surface area (Å²) in [6.07, 6.45) is 2.19. The first-order valence-corrected chi connectivity index (χ1v) is 10.3. The lowest BCUT2D eigenvalue weighted by Crippen LogP contribution is -2.50. The van der Waals surface area contributed by atoms with Gasteiger partial charge < -0.3 is 9.22 Å². The van der Waals surface area contributed by atoms with E-state index >= 15 is 0 Å². The fraction of sp³-hybridized carbons (Fsp3) is 0.381. The van der Waals surface area contributed by atoms with E-state index in [4.69, 9.17) is 4.43 Å². The minimum atomic E-state index is -1.78. The van der Waals surface area contributed by atoms with Gasteiger partial charge in [-0.25, -0.2) is 0 Å². The summed E-state index contributed by atoms with van der Waals surface area (Å²) in [4.78, 5) is 11.2. The van der Waals surface area contributed by atoms with Crippen molar-refractivity contribution in [3.8, 4) is 0 Å². The van der Waals surface area contributed by atoms with Crippen molar-refractivity contribution in [1.82, 2.24) is 0 Å². The Morgan fingerprint density at radius 1 is 1.00 bits per heavy atom. The molecule has 2 nitrogen and oxygen atoms in total. The second kappa shape index (κ2) is 7.04. The lowest BCUT2D eigenvalue weighted by molar-refractivity contribution is -0.109. The molecule has 126 valence electrons. The Bertz CT molecular complexity index is 624. The predicted octanol–water partition coefficient (Wildman–Crippen LogP) is 2.79. The van der Waals surface area contributed by atoms with Crippen LogP contribution in [0.2, 0.25) is 0 Å². The van der Waals surface area contributed by atoms with Crippen LogP contribution in [-0.2, 0) is 9.22 Å². The Kier molecular flexibility index (Phi) is 5.02. The van der Waals surface area contributed by atoms with Crippen molar-refractivity contribution in [1.29, 1.82) is 0 Å². The summed E-state index contributed by atoms with van der Waals surface area (Å²) in [5.74, 6) is 0.542. The van der Waals surface area contributed by atoms with Gasteiger partial charge in [-0.15, -0.1) is 0 Å². The molecular formula is C21H26O2Si. The van der Waals surface area contributed by atoms with Gasteiger partial charge in [0.15, 0.2) is 0 Å². The Morgan fingerprint density at radius 3 is 1.88 bits per heavy atom. The lowest BCUT2D eigenvalue weighted by atomic mass is 9.86. The van der Waals surface area contributed by atoms with E-state index in [0.29, 0.717) is 5.92 Å². The molecule has 0 bridgehead atoms. The summed E-state index contributed by atoms with van der Waals surface area (Å²) < 4.78 is 6.82. The van der Waals surface area contributed by atoms with Gasteiger partial charge in [0, 0.05) is 5.92 Å². The zero-order valence-corrected chi connectivity index (χ0v) is 15.8. The SMILES string of the molecule is CC(C)(C)C(O[SiH](c1ccccc1)c1ccccc1)[C@H]1C[C@H]1C=O. The average Bonchev–Trinajstić information content (AvgIpc) is 3.35. The molecule has 2 aromatic carbocycles. The van der Waals surface area contributed by atoms with E-state index in [1.54, 1.807) is 0 Å². The lowest BCUT2D eigenvalue weighted by Gasteiger charge is -2.35. The fourth-order valence-corrected chi connectivity index (χ4v) is 6.19. The first-order valence-electron chi connectivity index (χ1n) is 8.71. The van der Waals surface area contributed by atoms with Crippen LogP contribution in [0.1, 0.15) is 27.2 Å². The van der Waals surface area contributed by atoms with Gasteiger partial charge in [0.25, 0.3) is 0 Å². The second-order valence-corrected chi connectivity index (χ2v) is 10.2. The second-order valence-electron chi connectivity index (χ2n) is 7.82. The van der Waals surface area contributed by atoms with Gasteiger partial charge in [-0.3, -0.25) is 0 Å². The molecule has 3 rings (SSSR count). The largest absolute Gasteiger partial charge is 0.407 e. The van der Waals surface area contributed by atoms with Crippen LogP contribution in [0.5, 0.6) is 0 Å². The number of benzene rings is 2. The molecule has 0 radical (unpaired) electrons. The average molecular weight is 339 g/mol. The van der Waals surface area contributed by atoms with Crippen LogP contribution in [0.25, 0.3) is 0 Å². The number of rotatable bonds is 6. The molecule has 0 saturated heterocycles. The summed E-state index contributed by atoms with van der Waals surface area (Å²) in [6.45, 7) is 6.66. The van der Waals surface area contributed by atoms with Crippen molar-refractivity contribution < 1.29 is 9.22 Å². The highest BCUT2D eigenvalue weighted by Gasteiger charge is 2.48. The van der Waals surface area contributed by atoms with Crippen molar-refractivity contribution in [2.45, 2.75) is 33.3 Å². The first kappa shape index (κ1) is 17.1. The molecule has 1 fully saturated rings. The van der Waals surface area contributed by atoms with Crippen molar-refractivity contribution in [2.24, 2.45) is 17.3 Å². The molecule has 24 heavy (non-hydrogen) atoms. The predicted molar refractivity (Wildman–Crippen MR) is 101 cm³/mol. The molecule has 0 amide bonds. The molecule has 1 aliphatic rings. The van der Waals surface area contributed by atoms with Crippen LogP contribution in [0.15, 0.2) is 60.7 Å². The van der Waals surface area contributed by atoms with Gasteiger partial charge in [0.2, 0.25) is 9.04 Å². The van der Waals surface area contributed by atoms with Gasteiger partial charge in [0.05, 0.1) is 6.10 Å². The molecule has 0 heterocycles. The zero-order chi connectivity index (χ0) is 17.2. The quantitative estimate of drug-likeness (QED) is 0.598. The van der Waals surface area contributed by atoms with E-state index in [1.807, 2.05) is 12.1 Å². The van der Waals surface area contributed by atoms with E-state index in [9.17, 15) is 4.79 Å². The highest BCUT2D eigenvalue weighted by atomic mass is 28.3. The van der Waals surface area contributed by atoms with Crippen molar-refractivity contribution in [3.05, 3.63) is 60.7 Å². The van der Waals surface area contributed by atoms with Crippen LogP contribution in [0, 0.1) is 17.3 Å². The number of hydrogen-bond donors (Lipinski definition) is 0. The van der Waals surface area contributed by atoms with Crippen LogP contribution >= 0.6 is 0 Å². The topological polar surface area (TPSA) is 26.3 Å². The third-order valence-corrected chi connectivity index (χ3v) is 7.34. The van der Waals surface area contributed by atoms with Crippen LogP contribution < -0.4 is 10.4 Å². The Labute approximate surface area is 146 Å². The van der Waals surface area contributed by atoms with Crippen molar-refractivity contribution in [2.75, 3.05) is 0 Å². The molecule has 3 atom stereocenters. The monoisotopic (exact) mass is 338 g/mol. The van der Waals surface area contributed by atoms with Crippen LogP contribution in [0.4, 0.5) is 0 Å². The van der Waals surface area contributed by atoms with E-state index in [2.05, 4.69) is 69.3 Å². The molecule has 0 spiro atoms. The number of aldehydes is 1. The Balaban J connectivity index is 1.92. The molecule has 1 unspecified atom stereocenters. The summed E-state index contributed by atoms with van der Waals surface area (Å²) >= 11 is 0. The van der Waals surface area contributed by atoms with Gasteiger partial charge in [-0.2, -0.15) is 0 Å². The third-order valence-electron chi connectivity index (χ3n) is 4.80. The van der Waals surface area contributed by atoms with E-state index in [-0.39, 0.29) is 17.4 Å². The van der Waals surface area contributed by atoms with E-state index < -0.39 is 9.04 Å². The molecule has 0 aromatic heterocycles. The summed E-state index contributed by atoms with van der Waals surface area (Å²) in [6, 6.07) is 21.1. The van der Waals surface area contributed by atoms with Gasteiger partial charge in [0.1, 0.15) is 6.29 Å². The summed E-state index contributed by atoms with van der Waals surface area (Å²) in [5, 5.41) is 2.59. The molecular weight excluding hydrogens is 312 g/mol. The molecule has 2 aromatic rings. The number of carbonyl (C=O) groups excluding carboxylic acids is 1. The highest BCUT2D eigenvalue weighted by Crippen LogP contribution is 2.46. The normalized spacial score (nSPS) is 21.5. The third kappa shape index (κ3) is 3.85. The van der Waals surface area contributed by atoms with Crippen LogP contribution in [0.3, 0.4) is 0 Å². The summed E-state index contributed by atoms with van der Waals surface area (Å²) in [7, 11) is -1.78.